The molecule has 1 aromatic heterocycles. The second-order valence-electron chi connectivity index (χ2n) is 5.64. The molecule has 0 radical (unpaired) electrons. The smallest absolute Gasteiger partial charge is 0.0447 e. The summed E-state index contributed by atoms with van der Waals surface area (Å²) in [5.74, 6) is 1.04. The molecule has 1 N–H and O–H groups in total. The van der Waals surface area contributed by atoms with Crippen molar-refractivity contribution in [2.75, 3.05) is 6.54 Å². The van der Waals surface area contributed by atoms with E-state index in [-0.39, 0.29) is 0 Å². The van der Waals surface area contributed by atoms with Gasteiger partial charge in [0.2, 0.25) is 0 Å². The molecule has 2 heteroatoms. The molecule has 2 aromatic rings. The van der Waals surface area contributed by atoms with Crippen molar-refractivity contribution in [2.45, 2.75) is 38.1 Å². The Morgan fingerprint density at radius 2 is 2.00 bits per heavy atom. The predicted molar refractivity (Wildman–Crippen MR) is 83.0 cm³/mol. The van der Waals surface area contributed by atoms with Gasteiger partial charge < -0.3 is 5.32 Å². The van der Waals surface area contributed by atoms with E-state index >= 15 is 0 Å². The lowest BCUT2D eigenvalue weighted by atomic mass is 9.70. The maximum Gasteiger partial charge on any atom is 0.0447 e. The fourth-order valence-electron chi connectivity index (χ4n) is 3.35. The third-order valence-electron chi connectivity index (χ3n) is 4.46. The van der Waals surface area contributed by atoms with E-state index in [0.29, 0.717) is 17.9 Å². The topological polar surface area (TPSA) is 24.9 Å². The Morgan fingerprint density at radius 3 is 2.70 bits per heavy atom. The van der Waals surface area contributed by atoms with Crippen LogP contribution < -0.4 is 5.32 Å². The van der Waals surface area contributed by atoms with E-state index in [0.717, 1.165) is 6.54 Å². The van der Waals surface area contributed by atoms with Crippen LogP contribution in [-0.4, -0.2) is 17.6 Å². The average molecular weight is 266 g/mol. The monoisotopic (exact) mass is 266 g/mol. The largest absolute Gasteiger partial charge is 0.313 e. The first-order valence-electron chi connectivity index (χ1n) is 7.53. The minimum Gasteiger partial charge on any atom is -0.313 e. The van der Waals surface area contributed by atoms with Crippen LogP contribution in [0.4, 0.5) is 0 Å². The summed E-state index contributed by atoms with van der Waals surface area (Å²) < 4.78 is 0. The van der Waals surface area contributed by atoms with Crippen molar-refractivity contribution in [1.29, 1.82) is 0 Å². The standard InChI is InChI=1S/C18H22N2/c1-3-19-18(13(2)17-10-6-7-11-20-17)16-12-14-8-4-5-9-15(14)16/h4-11,13,16,18-19H,3,12H2,1-2H3. The van der Waals surface area contributed by atoms with Crippen LogP contribution in [0, 0.1) is 0 Å². The van der Waals surface area contributed by atoms with Crippen LogP contribution >= 0.6 is 0 Å². The van der Waals surface area contributed by atoms with E-state index in [1.165, 1.54) is 23.2 Å². The molecule has 3 atom stereocenters. The van der Waals surface area contributed by atoms with Gasteiger partial charge >= 0.3 is 0 Å². The van der Waals surface area contributed by atoms with Gasteiger partial charge in [0.25, 0.3) is 0 Å². The zero-order chi connectivity index (χ0) is 13.9. The number of benzene rings is 1. The van der Waals surface area contributed by atoms with E-state index in [1.807, 2.05) is 12.3 Å². The Balaban J connectivity index is 1.84. The Morgan fingerprint density at radius 1 is 1.20 bits per heavy atom. The Hall–Kier alpha value is -1.67. The van der Waals surface area contributed by atoms with Crippen molar-refractivity contribution >= 4 is 0 Å². The Kier molecular flexibility index (Phi) is 3.83. The molecular weight excluding hydrogens is 244 g/mol. The van der Waals surface area contributed by atoms with Crippen LogP contribution in [-0.2, 0) is 6.42 Å². The minimum atomic E-state index is 0.425. The normalized spacial score (nSPS) is 19.8. The maximum atomic E-state index is 4.54. The molecule has 1 aromatic carbocycles. The van der Waals surface area contributed by atoms with Gasteiger partial charge in [-0.25, -0.2) is 0 Å². The molecule has 0 aliphatic heterocycles. The molecule has 0 fully saturated rings. The number of likely N-dealkylation sites (N-methyl/N-ethyl adjacent to an activating group) is 1. The molecule has 1 heterocycles. The van der Waals surface area contributed by atoms with Gasteiger partial charge in [-0.2, -0.15) is 0 Å². The SMILES string of the molecule is CCNC(C(C)c1ccccn1)C1Cc2ccccc21. The highest BCUT2D eigenvalue weighted by molar-refractivity contribution is 5.42. The van der Waals surface area contributed by atoms with Crippen LogP contribution in [0.1, 0.15) is 42.5 Å². The van der Waals surface area contributed by atoms with Crippen molar-refractivity contribution in [1.82, 2.24) is 10.3 Å². The summed E-state index contributed by atoms with van der Waals surface area (Å²) in [7, 11) is 0. The zero-order valence-corrected chi connectivity index (χ0v) is 12.2. The molecule has 0 amide bonds. The van der Waals surface area contributed by atoms with Gasteiger partial charge in [-0.1, -0.05) is 44.2 Å². The number of pyridine rings is 1. The average Bonchev–Trinajstić information content (AvgIpc) is 2.48. The van der Waals surface area contributed by atoms with E-state index < -0.39 is 0 Å². The molecule has 20 heavy (non-hydrogen) atoms. The number of aromatic nitrogens is 1. The number of hydrogen-bond donors (Lipinski definition) is 1. The zero-order valence-electron chi connectivity index (χ0n) is 12.2. The van der Waals surface area contributed by atoms with Crippen LogP contribution in [0.5, 0.6) is 0 Å². The highest BCUT2D eigenvalue weighted by atomic mass is 14.9. The molecule has 3 unspecified atom stereocenters. The number of rotatable bonds is 5. The summed E-state index contributed by atoms with van der Waals surface area (Å²) in [4.78, 5) is 4.54. The van der Waals surface area contributed by atoms with Crippen LogP contribution in [0.25, 0.3) is 0 Å². The highest BCUT2D eigenvalue weighted by Crippen LogP contribution is 2.41. The van der Waals surface area contributed by atoms with Gasteiger partial charge in [-0.05, 0) is 36.2 Å². The number of hydrogen-bond acceptors (Lipinski definition) is 2. The molecular formula is C18H22N2. The molecule has 3 rings (SSSR count). The van der Waals surface area contributed by atoms with E-state index in [1.54, 1.807) is 0 Å². The van der Waals surface area contributed by atoms with Gasteiger partial charge in [-0.15, -0.1) is 0 Å². The second-order valence-corrected chi connectivity index (χ2v) is 5.64. The first kappa shape index (κ1) is 13.3. The van der Waals surface area contributed by atoms with Crippen molar-refractivity contribution < 1.29 is 0 Å². The maximum absolute atomic E-state index is 4.54. The summed E-state index contributed by atoms with van der Waals surface area (Å²) >= 11 is 0. The molecule has 0 saturated carbocycles. The van der Waals surface area contributed by atoms with E-state index in [4.69, 9.17) is 0 Å². The predicted octanol–water partition coefficient (Wildman–Crippen LogP) is 3.50. The fraction of sp³-hybridized carbons (Fsp3) is 0.389. The summed E-state index contributed by atoms with van der Waals surface area (Å²) in [5.41, 5.74) is 4.21. The molecule has 104 valence electrons. The van der Waals surface area contributed by atoms with Gasteiger partial charge in [-0.3, -0.25) is 4.98 Å². The van der Waals surface area contributed by atoms with Crippen LogP contribution in [0.3, 0.4) is 0 Å². The first-order chi connectivity index (χ1) is 9.81. The Labute approximate surface area is 121 Å². The summed E-state index contributed by atoms with van der Waals surface area (Å²) in [5, 5.41) is 3.68. The quantitative estimate of drug-likeness (QED) is 0.896. The van der Waals surface area contributed by atoms with Crippen molar-refractivity contribution in [3.8, 4) is 0 Å². The van der Waals surface area contributed by atoms with Crippen LogP contribution in [0.2, 0.25) is 0 Å². The highest BCUT2D eigenvalue weighted by Gasteiger charge is 2.35. The fourth-order valence-corrected chi connectivity index (χ4v) is 3.35. The first-order valence-corrected chi connectivity index (χ1v) is 7.53. The lowest BCUT2D eigenvalue weighted by molar-refractivity contribution is 0.359. The second kappa shape index (κ2) is 5.76. The van der Waals surface area contributed by atoms with E-state index in [2.05, 4.69) is 60.5 Å². The molecule has 0 spiro atoms. The van der Waals surface area contributed by atoms with Crippen LogP contribution in [0.15, 0.2) is 48.7 Å². The number of nitrogens with zero attached hydrogens (tertiary/aromatic N) is 1. The number of nitrogens with one attached hydrogen (secondary N) is 1. The summed E-state index contributed by atoms with van der Waals surface area (Å²) in [6, 6.07) is 15.5. The minimum absolute atomic E-state index is 0.425. The van der Waals surface area contributed by atoms with Crippen molar-refractivity contribution in [3.05, 3.63) is 65.5 Å². The molecule has 0 bridgehead atoms. The molecule has 0 saturated heterocycles. The van der Waals surface area contributed by atoms with Crippen molar-refractivity contribution in [2.24, 2.45) is 0 Å². The number of fused-ring (bicyclic) bond motifs is 1. The van der Waals surface area contributed by atoms with Gasteiger partial charge in [0.15, 0.2) is 0 Å². The molecule has 2 nitrogen and oxygen atoms in total. The third kappa shape index (κ3) is 2.36. The lowest BCUT2D eigenvalue weighted by Crippen LogP contribution is -2.43. The Bertz CT molecular complexity index is 563. The van der Waals surface area contributed by atoms with Gasteiger partial charge in [0.1, 0.15) is 0 Å². The molecule has 1 aliphatic carbocycles. The lowest BCUT2D eigenvalue weighted by Gasteiger charge is -2.40. The van der Waals surface area contributed by atoms with Gasteiger partial charge in [0, 0.05) is 29.8 Å². The third-order valence-corrected chi connectivity index (χ3v) is 4.46. The molecule has 1 aliphatic rings. The summed E-state index contributed by atoms with van der Waals surface area (Å²) in [6.07, 6.45) is 3.08. The van der Waals surface area contributed by atoms with E-state index in [9.17, 15) is 0 Å². The summed E-state index contributed by atoms with van der Waals surface area (Å²) in [6.45, 7) is 5.47. The van der Waals surface area contributed by atoms with Gasteiger partial charge in [0.05, 0.1) is 0 Å². The van der Waals surface area contributed by atoms with Crippen molar-refractivity contribution in [3.63, 3.8) is 0 Å².